The van der Waals surface area contributed by atoms with Gasteiger partial charge in [-0.1, -0.05) is 17.7 Å². The molecule has 1 aliphatic rings. The standard InChI is InChI=1S/C14H18O2S/c1-9-7-10(2)12(11(3)8-9)17-14(13(15)16)5-4-6-14/h7-8H,4-6H2,1-3H3,(H,15,16). The number of thioether (sulfide) groups is 1. The van der Waals surface area contributed by atoms with Gasteiger partial charge in [-0.05, 0) is 51.2 Å². The largest absolute Gasteiger partial charge is 0.480 e. The number of hydrogen-bond acceptors (Lipinski definition) is 2. The molecule has 2 nitrogen and oxygen atoms in total. The SMILES string of the molecule is Cc1cc(C)c(SC2(C(=O)O)CCC2)c(C)c1. The fourth-order valence-corrected chi connectivity index (χ4v) is 3.79. The first-order valence-corrected chi connectivity index (χ1v) is 6.76. The topological polar surface area (TPSA) is 37.3 Å². The summed E-state index contributed by atoms with van der Waals surface area (Å²) < 4.78 is -0.565. The lowest BCUT2D eigenvalue weighted by molar-refractivity contribution is -0.142. The summed E-state index contributed by atoms with van der Waals surface area (Å²) >= 11 is 1.55. The lowest BCUT2D eigenvalue weighted by atomic mass is 9.84. The zero-order chi connectivity index (χ0) is 12.6. The molecule has 0 aromatic heterocycles. The highest BCUT2D eigenvalue weighted by Gasteiger charge is 2.45. The molecule has 1 aromatic carbocycles. The Morgan fingerprint density at radius 3 is 2.12 bits per heavy atom. The van der Waals surface area contributed by atoms with Crippen LogP contribution in [0.25, 0.3) is 0 Å². The Hall–Kier alpha value is -0.960. The summed E-state index contributed by atoms with van der Waals surface area (Å²) in [6.07, 6.45) is 2.61. The van der Waals surface area contributed by atoms with Crippen LogP contribution in [0.15, 0.2) is 17.0 Å². The van der Waals surface area contributed by atoms with Crippen LogP contribution in [0, 0.1) is 20.8 Å². The van der Waals surface area contributed by atoms with Gasteiger partial charge < -0.3 is 5.11 Å². The van der Waals surface area contributed by atoms with E-state index in [1.165, 1.54) is 16.7 Å². The molecule has 1 aromatic rings. The van der Waals surface area contributed by atoms with Gasteiger partial charge in [0, 0.05) is 4.90 Å². The Labute approximate surface area is 106 Å². The zero-order valence-corrected chi connectivity index (χ0v) is 11.4. The van der Waals surface area contributed by atoms with Crippen LogP contribution in [0.1, 0.15) is 36.0 Å². The third-order valence-electron chi connectivity index (χ3n) is 3.45. The highest BCUT2D eigenvalue weighted by molar-refractivity contribution is 8.01. The number of carbonyl (C=O) groups is 1. The molecule has 2 rings (SSSR count). The number of hydrogen-bond donors (Lipinski definition) is 1. The molecule has 1 fully saturated rings. The van der Waals surface area contributed by atoms with Gasteiger partial charge in [0.15, 0.2) is 0 Å². The third-order valence-corrected chi connectivity index (χ3v) is 5.27. The molecule has 1 saturated carbocycles. The second kappa shape index (κ2) is 4.37. The van der Waals surface area contributed by atoms with Crippen molar-refractivity contribution in [2.75, 3.05) is 0 Å². The van der Waals surface area contributed by atoms with E-state index in [9.17, 15) is 9.90 Å². The van der Waals surface area contributed by atoms with Gasteiger partial charge in [0.25, 0.3) is 0 Å². The molecule has 17 heavy (non-hydrogen) atoms. The van der Waals surface area contributed by atoms with Crippen molar-refractivity contribution in [2.45, 2.75) is 49.7 Å². The molecule has 0 amide bonds. The summed E-state index contributed by atoms with van der Waals surface area (Å²) in [6.45, 7) is 6.21. The average molecular weight is 250 g/mol. The van der Waals surface area contributed by atoms with Gasteiger partial charge in [0.2, 0.25) is 0 Å². The van der Waals surface area contributed by atoms with Gasteiger partial charge in [-0.15, -0.1) is 11.8 Å². The van der Waals surface area contributed by atoms with E-state index in [4.69, 9.17) is 0 Å². The highest BCUT2D eigenvalue weighted by atomic mass is 32.2. The fraction of sp³-hybridized carbons (Fsp3) is 0.500. The minimum atomic E-state index is -0.659. The molecule has 0 heterocycles. The van der Waals surface area contributed by atoms with Crippen molar-refractivity contribution in [1.29, 1.82) is 0 Å². The Morgan fingerprint density at radius 1 is 1.24 bits per heavy atom. The predicted octanol–water partition coefficient (Wildman–Crippen LogP) is 3.71. The second-order valence-electron chi connectivity index (χ2n) is 4.98. The number of benzene rings is 1. The van der Waals surface area contributed by atoms with Crippen LogP contribution in [0.2, 0.25) is 0 Å². The lowest BCUT2D eigenvalue weighted by Crippen LogP contribution is -2.41. The van der Waals surface area contributed by atoms with Gasteiger partial charge >= 0.3 is 5.97 Å². The maximum absolute atomic E-state index is 11.4. The van der Waals surface area contributed by atoms with Gasteiger partial charge in [0.05, 0.1) is 0 Å². The van der Waals surface area contributed by atoms with Gasteiger partial charge in [-0.25, -0.2) is 0 Å². The first kappa shape index (κ1) is 12.5. The molecule has 0 saturated heterocycles. The number of carboxylic acids is 1. The van der Waals surface area contributed by atoms with Crippen molar-refractivity contribution in [1.82, 2.24) is 0 Å². The van der Waals surface area contributed by atoms with Crippen LogP contribution in [0.3, 0.4) is 0 Å². The summed E-state index contributed by atoms with van der Waals surface area (Å²) in [6, 6.07) is 4.26. The summed E-state index contributed by atoms with van der Waals surface area (Å²) in [4.78, 5) is 12.5. The van der Waals surface area contributed by atoms with E-state index in [2.05, 4.69) is 32.9 Å². The summed E-state index contributed by atoms with van der Waals surface area (Å²) in [5.74, 6) is -0.659. The minimum Gasteiger partial charge on any atom is -0.480 e. The minimum absolute atomic E-state index is 0.565. The van der Waals surface area contributed by atoms with E-state index >= 15 is 0 Å². The second-order valence-corrected chi connectivity index (χ2v) is 6.38. The molecule has 92 valence electrons. The molecule has 0 radical (unpaired) electrons. The molecule has 0 aliphatic heterocycles. The smallest absolute Gasteiger partial charge is 0.320 e. The van der Waals surface area contributed by atoms with Crippen molar-refractivity contribution < 1.29 is 9.90 Å². The maximum atomic E-state index is 11.4. The Bertz CT molecular complexity index is 438. The van der Waals surface area contributed by atoms with Crippen LogP contribution in [-0.2, 0) is 4.79 Å². The van der Waals surface area contributed by atoms with Crippen molar-refractivity contribution in [2.24, 2.45) is 0 Å². The molecular formula is C14H18O2S. The first-order valence-electron chi connectivity index (χ1n) is 5.95. The maximum Gasteiger partial charge on any atom is 0.320 e. The van der Waals surface area contributed by atoms with Crippen LogP contribution in [-0.4, -0.2) is 15.8 Å². The third kappa shape index (κ3) is 2.21. The molecule has 1 aliphatic carbocycles. The number of carboxylic acid groups (broad SMARTS) is 1. The highest BCUT2D eigenvalue weighted by Crippen LogP contribution is 2.49. The molecular weight excluding hydrogens is 232 g/mol. The zero-order valence-electron chi connectivity index (χ0n) is 10.5. The van der Waals surface area contributed by atoms with Crippen LogP contribution >= 0.6 is 11.8 Å². The van der Waals surface area contributed by atoms with E-state index in [-0.39, 0.29) is 0 Å². The van der Waals surface area contributed by atoms with Gasteiger partial charge in [-0.2, -0.15) is 0 Å². The van der Waals surface area contributed by atoms with Crippen molar-refractivity contribution in [3.8, 4) is 0 Å². The average Bonchev–Trinajstić information content (AvgIpc) is 2.13. The van der Waals surface area contributed by atoms with Crippen molar-refractivity contribution in [3.63, 3.8) is 0 Å². The van der Waals surface area contributed by atoms with Gasteiger partial charge in [0.1, 0.15) is 4.75 Å². The summed E-state index contributed by atoms with van der Waals surface area (Å²) in [5, 5.41) is 9.36. The normalized spacial score (nSPS) is 17.6. The van der Waals surface area contributed by atoms with Crippen molar-refractivity contribution >= 4 is 17.7 Å². The molecule has 0 spiro atoms. The first-order chi connectivity index (χ1) is 7.94. The van der Waals surface area contributed by atoms with Crippen LogP contribution in [0.5, 0.6) is 0 Å². The number of rotatable bonds is 3. The number of aliphatic carboxylic acids is 1. The van der Waals surface area contributed by atoms with Crippen LogP contribution in [0.4, 0.5) is 0 Å². The predicted molar refractivity (Wildman–Crippen MR) is 70.7 cm³/mol. The van der Waals surface area contributed by atoms with Gasteiger partial charge in [-0.3, -0.25) is 4.79 Å². The monoisotopic (exact) mass is 250 g/mol. The van der Waals surface area contributed by atoms with E-state index < -0.39 is 10.7 Å². The summed E-state index contributed by atoms with van der Waals surface area (Å²) in [7, 11) is 0. The van der Waals surface area contributed by atoms with E-state index in [1.54, 1.807) is 11.8 Å². The molecule has 1 N–H and O–H groups in total. The molecule has 3 heteroatoms. The molecule has 0 atom stereocenters. The quantitative estimate of drug-likeness (QED) is 0.888. The fourth-order valence-electron chi connectivity index (χ4n) is 2.38. The van der Waals surface area contributed by atoms with Crippen molar-refractivity contribution in [3.05, 3.63) is 28.8 Å². The number of aryl methyl sites for hydroxylation is 3. The Balaban J connectivity index is 2.33. The molecule has 0 bridgehead atoms. The molecule has 0 unspecified atom stereocenters. The van der Waals surface area contributed by atoms with Crippen LogP contribution < -0.4 is 0 Å². The van der Waals surface area contributed by atoms with E-state index in [1.807, 2.05) is 0 Å². The lowest BCUT2D eigenvalue weighted by Gasteiger charge is -2.37. The van der Waals surface area contributed by atoms with E-state index in [0.717, 1.165) is 24.2 Å². The van der Waals surface area contributed by atoms with E-state index in [0.29, 0.717) is 0 Å². The summed E-state index contributed by atoms with van der Waals surface area (Å²) in [5.41, 5.74) is 3.63. The Morgan fingerprint density at radius 2 is 1.76 bits per heavy atom. The Kier molecular flexibility index (Phi) is 3.21.